The Bertz CT molecular complexity index is 1260. The molecule has 1 aliphatic rings. The first kappa shape index (κ1) is 32.1. The second kappa shape index (κ2) is 15.0. The third-order valence-electron chi connectivity index (χ3n) is 6.59. The van der Waals surface area contributed by atoms with Crippen molar-refractivity contribution in [1.82, 2.24) is 15.5 Å². The van der Waals surface area contributed by atoms with Gasteiger partial charge in [-0.25, -0.2) is 9.59 Å². The van der Waals surface area contributed by atoms with Crippen LogP contribution in [0.5, 0.6) is 0 Å². The fraction of sp³-hybridized carbons (Fsp3) is 0.452. The molecule has 11 nitrogen and oxygen atoms in total. The molecule has 0 bridgehead atoms. The predicted molar refractivity (Wildman–Crippen MR) is 152 cm³/mol. The summed E-state index contributed by atoms with van der Waals surface area (Å²) in [6.07, 6.45) is -1.98. The molecule has 1 aliphatic heterocycles. The van der Waals surface area contributed by atoms with Crippen LogP contribution in [0, 0.1) is 11.3 Å². The first-order valence-electron chi connectivity index (χ1n) is 13.9. The Labute approximate surface area is 245 Å². The van der Waals surface area contributed by atoms with Crippen LogP contribution in [0.3, 0.4) is 0 Å². The molecule has 42 heavy (non-hydrogen) atoms. The van der Waals surface area contributed by atoms with E-state index in [0.29, 0.717) is 12.8 Å². The first-order chi connectivity index (χ1) is 20.0. The fourth-order valence-corrected chi connectivity index (χ4v) is 4.59. The van der Waals surface area contributed by atoms with Crippen molar-refractivity contribution in [2.24, 2.45) is 0 Å². The van der Waals surface area contributed by atoms with E-state index in [0.717, 1.165) is 11.1 Å². The van der Waals surface area contributed by atoms with Gasteiger partial charge in [0.1, 0.15) is 24.3 Å². The number of aliphatic hydroxyl groups is 1. The van der Waals surface area contributed by atoms with Crippen LogP contribution < -0.4 is 10.6 Å². The van der Waals surface area contributed by atoms with Gasteiger partial charge in [-0.05, 0) is 51.2 Å². The van der Waals surface area contributed by atoms with Crippen LogP contribution in [0.25, 0.3) is 0 Å². The van der Waals surface area contributed by atoms with Gasteiger partial charge in [0.05, 0.1) is 18.5 Å². The summed E-state index contributed by atoms with van der Waals surface area (Å²) in [5, 5.41) is 25.6. The van der Waals surface area contributed by atoms with Gasteiger partial charge in [0.2, 0.25) is 5.91 Å². The number of carbonyl (C=O) groups excluding carboxylic acids is 4. The third kappa shape index (κ3) is 9.59. The number of amides is 3. The molecule has 4 atom stereocenters. The molecule has 0 saturated carbocycles. The monoisotopic (exact) mass is 578 g/mol. The van der Waals surface area contributed by atoms with Crippen molar-refractivity contribution in [3.63, 3.8) is 0 Å². The van der Waals surface area contributed by atoms with Crippen LogP contribution in [0.2, 0.25) is 0 Å². The van der Waals surface area contributed by atoms with Gasteiger partial charge >= 0.3 is 12.1 Å². The lowest BCUT2D eigenvalue weighted by Crippen LogP contribution is -2.58. The van der Waals surface area contributed by atoms with Crippen LogP contribution in [0.1, 0.15) is 51.2 Å². The van der Waals surface area contributed by atoms with E-state index in [-0.39, 0.29) is 26.0 Å². The minimum Gasteiger partial charge on any atom is -0.458 e. The molecule has 224 valence electrons. The zero-order chi connectivity index (χ0) is 30.7. The topological polar surface area (TPSA) is 158 Å². The summed E-state index contributed by atoms with van der Waals surface area (Å²) in [5.74, 6) is -2.06. The highest BCUT2D eigenvalue weighted by atomic mass is 16.6. The largest absolute Gasteiger partial charge is 0.458 e. The minimum absolute atomic E-state index is 0.0357. The number of rotatable bonds is 11. The number of esters is 1. The molecule has 2 aromatic rings. The van der Waals surface area contributed by atoms with Gasteiger partial charge in [-0.2, -0.15) is 5.26 Å². The molecule has 0 aromatic heterocycles. The number of hydrogen-bond donors (Lipinski definition) is 3. The van der Waals surface area contributed by atoms with Gasteiger partial charge in [0.25, 0.3) is 5.91 Å². The number of nitrogens with one attached hydrogen (secondary N) is 2. The number of nitrogens with zero attached hydrogens (tertiary/aromatic N) is 2. The molecule has 0 radical (unpaired) electrons. The van der Waals surface area contributed by atoms with E-state index in [9.17, 15) is 29.5 Å². The van der Waals surface area contributed by atoms with Crippen molar-refractivity contribution in [1.29, 1.82) is 5.26 Å². The van der Waals surface area contributed by atoms with Crippen molar-refractivity contribution >= 4 is 23.9 Å². The molecule has 1 fully saturated rings. The Morgan fingerprint density at radius 1 is 1.02 bits per heavy atom. The summed E-state index contributed by atoms with van der Waals surface area (Å²) in [5.41, 5.74) is 0.721. The minimum atomic E-state index is -1.72. The average Bonchev–Trinajstić information content (AvgIpc) is 3.45. The van der Waals surface area contributed by atoms with Crippen molar-refractivity contribution in [2.75, 3.05) is 6.54 Å². The zero-order valence-electron chi connectivity index (χ0n) is 24.1. The van der Waals surface area contributed by atoms with Gasteiger partial charge in [-0.15, -0.1) is 0 Å². The smallest absolute Gasteiger partial charge is 0.408 e. The molecule has 11 heteroatoms. The average molecular weight is 579 g/mol. The highest BCUT2D eigenvalue weighted by Gasteiger charge is 2.41. The Morgan fingerprint density at radius 3 is 2.24 bits per heavy atom. The molecule has 1 saturated heterocycles. The normalized spacial score (nSPS) is 16.8. The summed E-state index contributed by atoms with van der Waals surface area (Å²) in [6, 6.07) is 16.5. The summed E-state index contributed by atoms with van der Waals surface area (Å²) in [7, 11) is 0. The maximum atomic E-state index is 13.5. The number of ether oxygens (including phenoxy) is 2. The number of aliphatic hydroxyl groups excluding tert-OH is 1. The maximum Gasteiger partial charge on any atom is 0.408 e. The van der Waals surface area contributed by atoms with E-state index >= 15 is 0 Å². The lowest BCUT2D eigenvalue weighted by atomic mass is 9.99. The highest BCUT2D eigenvalue weighted by molar-refractivity contribution is 5.90. The molecular formula is C31H38N4O7. The highest BCUT2D eigenvalue weighted by Crippen LogP contribution is 2.23. The number of likely N-dealkylation sites (tertiary alicyclic amines) is 1. The number of alkyl carbamates (subject to hydrolysis) is 1. The second-order valence-corrected chi connectivity index (χ2v) is 11.1. The van der Waals surface area contributed by atoms with Crippen LogP contribution in [-0.2, 0) is 36.9 Å². The van der Waals surface area contributed by atoms with E-state index < -0.39 is 53.7 Å². The van der Waals surface area contributed by atoms with Gasteiger partial charge < -0.3 is 30.1 Å². The van der Waals surface area contributed by atoms with Gasteiger partial charge in [0.15, 0.2) is 6.10 Å². The molecule has 0 spiro atoms. The molecule has 3 rings (SSSR count). The summed E-state index contributed by atoms with van der Waals surface area (Å²) < 4.78 is 10.7. The van der Waals surface area contributed by atoms with Crippen LogP contribution in [-0.4, -0.2) is 70.3 Å². The zero-order valence-corrected chi connectivity index (χ0v) is 24.1. The van der Waals surface area contributed by atoms with Crippen LogP contribution >= 0.6 is 0 Å². The standard InChI is InChI=1S/C31H38N4O7/c1-31(2,3)42-29(39)25-15-10-18-35(25)28(38)26(36)24(19-21-11-6-4-7-12-21)33-27(37)23(16-17-32)34-30(40)41-20-22-13-8-5-9-14-22/h4-9,11-14,23-26,36H,10,15-16,18-20H2,1-3H3,(H,33,37)(H,34,40). The van der Waals surface area contributed by atoms with Crippen molar-refractivity contribution in [3.8, 4) is 6.07 Å². The van der Waals surface area contributed by atoms with E-state index in [2.05, 4.69) is 10.6 Å². The van der Waals surface area contributed by atoms with Crippen LogP contribution in [0.15, 0.2) is 60.7 Å². The number of hydrogen-bond acceptors (Lipinski definition) is 8. The SMILES string of the molecule is CC(C)(C)OC(=O)C1CCCN1C(=O)C(O)C(Cc1ccccc1)NC(=O)C(CC#N)NC(=O)OCc1ccccc1. The Hall–Kier alpha value is -4.43. The predicted octanol–water partition coefficient (Wildman–Crippen LogP) is 2.62. The van der Waals surface area contributed by atoms with Crippen molar-refractivity contribution < 1.29 is 33.8 Å². The Kier molecular flexibility index (Phi) is 11.4. The molecule has 3 N–H and O–H groups in total. The second-order valence-electron chi connectivity index (χ2n) is 11.1. The molecule has 0 aliphatic carbocycles. The van der Waals surface area contributed by atoms with Gasteiger partial charge in [0, 0.05) is 6.54 Å². The van der Waals surface area contributed by atoms with Crippen molar-refractivity contribution in [3.05, 3.63) is 71.8 Å². The number of carbonyl (C=O) groups is 4. The summed E-state index contributed by atoms with van der Waals surface area (Å²) in [4.78, 5) is 53.3. The number of benzene rings is 2. The van der Waals surface area contributed by atoms with E-state index in [1.54, 1.807) is 69.3 Å². The maximum absolute atomic E-state index is 13.5. The summed E-state index contributed by atoms with van der Waals surface area (Å²) in [6.45, 7) is 5.41. The van der Waals surface area contributed by atoms with E-state index in [4.69, 9.17) is 9.47 Å². The van der Waals surface area contributed by atoms with Gasteiger partial charge in [-0.3, -0.25) is 9.59 Å². The molecule has 3 amide bonds. The fourth-order valence-electron chi connectivity index (χ4n) is 4.59. The molecule has 2 aromatic carbocycles. The quantitative estimate of drug-likeness (QED) is 0.343. The molecule has 4 unspecified atom stereocenters. The first-order valence-corrected chi connectivity index (χ1v) is 13.9. The molecule has 1 heterocycles. The lowest BCUT2D eigenvalue weighted by Gasteiger charge is -2.32. The number of nitriles is 1. The third-order valence-corrected chi connectivity index (χ3v) is 6.59. The molecular weight excluding hydrogens is 540 g/mol. The van der Waals surface area contributed by atoms with Crippen molar-refractivity contribution in [2.45, 2.75) is 82.9 Å². The lowest BCUT2D eigenvalue weighted by molar-refractivity contribution is -0.165. The van der Waals surface area contributed by atoms with Crippen LogP contribution in [0.4, 0.5) is 4.79 Å². The Balaban J connectivity index is 1.74. The summed E-state index contributed by atoms with van der Waals surface area (Å²) >= 11 is 0. The Morgan fingerprint density at radius 2 is 1.64 bits per heavy atom. The van der Waals surface area contributed by atoms with E-state index in [1.165, 1.54) is 4.90 Å². The van der Waals surface area contributed by atoms with Gasteiger partial charge in [-0.1, -0.05) is 60.7 Å². The van der Waals surface area contributed by atoms with E-state index in [1.807, 2.05) is 18.2 Å².